The third-order valence-electron chi connectivity index (χ3n) is 5.69. The van der Waals surface area contributed by atoms with Gasteiger partial charge in [-0.1, -0.05) is 20.3 Å². The fourth-order valence-electron chi connectivity index (χ4n) is 3.33. The van der Waals surface area contributed by atoms with Crippen molar-refractivity contribution in [2.75, 3.05) is 13.1 Å². The van der Waals surface area contributed by atoms with Gasteiger partial charge < -0.3 is 49.7 Å². The smallest absolute Gasteiger partial charge is 0.326 e. The summed E-state index contributed by atoms with van der Waals surface area (Å²) in [6.07, 6.45) is 1.74. The molecule has 5 unspecified atom stereocenters. The van der Waals surface area contributed by atoms with Crippen molar-refractivity contribution in [1.29, 1.82) is 0 Å². The van der Waals surface area contributed by atoms with E-state index >= 15 is 0 Å². The van der Waals surface area contributed by atoms with Crippen molar-refractivity contribution in [3.05, 3.63) is 0 Å². The fraction of sp³-hybridized carbons (Fsp3) is 0.727. The Labute approximate surface area is 216 Å². The minimum atomic E-state index is -1.27. The van der Waals surface area contributed by atoms with Gasteiger partial charge in [0.15, 0.2) is 5.96 Å². The Hall–Kier alpha value is -3.46. The fourth-order valence-corrected chi connectivity index (χ4v) is 3.33. The molecule has 0 aliphatic carbocycles. The summed E-state index contributed by atoms with van der Waals surface area (Å²) in [5.41, 5.74) is 26.8. The predicted molar refractivity (Wildman–Crippen MR) is 137 cm³/mol. The zero-order valence-electron chi connectivity index (χ0n) is 21.6. The van der Waals surface area contributed by atoms with Crippen LogP contribution in [0.2, 0.25) is 0 Å². The van der Waals surface area contributed by atoms with Gasteiger partial charge in [0, 0.05) is 6.54 Å². The van der Waals surface area contributed by atoms with Gasteiger partial charge >= 0.3 is 5.97 Å². The maximum atomic E-state index is 13.2. The Morgan fingerprint density at radius 2 is 1.46 bits per heavy atom. The number of carbonyl (C=O) groups is 5. The van der Waals surface area contributed by atoms with Crippen molar-refractivity contribution in [2.24, 2.45) is 39.6 Å². The number of nitrogens with two attached hydrogens (primary N) is 5. The van der Waals surface area contributed by atoms with Gasteiger partial charge in [-0.05, 0) is 44.6 Å². The summed E-state index contributed by atoms with van der Waals surface area (Å²) in [4.78, 5) is 65.2. The number of amides is 4. The van der Waals surface area contributed by atoms with E-state index in [9.17, 15) is 29.1 Å². The number of nitrogens with zero attached hydrogens (tertiary/aromatic N) is 1. The van der Waals surface area contributed by atoms with Crippen LogP contribution in [0.15, 0.2) is 4.99 Å². The summed E-state index contributed by atoms with van der Waals surface area (Å²) in [6.45, 7) is 4.10. The molecule has 0 aromatic heterocycles. The predicted octanol–water partition coefficient (Wildman–Crippen LogP) is -3.04. The monoisotopic (exact) mass is 529 g/mol. The first-order valence-corrected chi connectivity index (χ1v) is 12.3. The van der Waals surface area contributed by atoms with E-state index in [1.165, 1.54) is 0 Å². The first-order chi connectivity index (χ1) is 17.3. The standard InChI is InChI=1S/C22H43N9O6/c1-3-12(2)17(20(35)30-15(21(36)37)7-4-5-9-23)31-19(34)14(8-6-10-28-22(26)27)29-18(33)13(24)11-16(25)32/h12-15,17H,3-11,23-24H2,1-2H3,(H2,25,32)(H,29,33)(H,30,35)(H,31,34)(H,36,37)(H4,26,27,28). The Morgan fingerprint density at radius 1 is 0.865 bits per heavy atom. The zero-order chi connectivity index (χ0) is 28.5. The molecule has 0 rings (SSSR count). The number of carboxylic acids is 1. The average molecular weight is 530 g/mol. The summed E-state index contributed by atoms with van der Waals surface area (Å²) in [5, 5.41) is 17.1. The third kappa shape index (κ3) is 14.0. The van der Waals surface area contributed by atoms with E-state index in [0.717, 1.165) is 0 Å². The Bertz CT molecular complexity index is 804. The van der Waals surface area contributed by atoms with Gasteiger partial charge in [-0.3, -0.25) is 24.2 Å². The highest BCUT2D eigenvalue weighted by atomic mass is 16.4. The summed E-state index contributed by atoms with van der Waals surface area (Å²) >= 11 is 0. The SMILES string of the molecule is CCC(C)C(NC(=O)C(CCCN=C(N)N)NC(=O)C(N)CC(N)=O)C(=O)NC(CCCCN)C(=O)O. The van der Waals surface area contributed by atoms with E-state index in [2.05, 4.69) is 20.9 Å². The maximum Gasteiger partial charge on any atom is 0.326 e. The van der Waals surface area contributed by atoms with E-state index in [1.807, 2.05) is 6.92 Å². The first kappa shape index (κ1) is 33.5. The number of aliphatic carboxylic acids is 1. The molecule has 4 amide bonds. The number of carbonyl (C=O) groups excluding carboxylic acids is 4. The second-order valence-corrected chi connectivity index (χ2v) is 8.84. The van der Waals surface area contributed by atoms with Gasteiger partial charge in [0.25, 0.3) is 0 Å². The highest BCUT2D eigenvalue weighted by molar-refractivity contribution is 5.95. The first-order valence-electron chi connectivity index (χ1n) is 12.3. The van der Waals surface area contributed by atoms with Crippen LogP contribution in [0.25, 0.3) is 0 Å². The number of carboxylic acid groups (broad SMARTS) is 1. The number of unbranched alkanes of at least 4 members (excludes halogenated alkanes) is 1. The summed E-state index contributed by atoms with van der Waals surface area (Å²) in [5.74, 6) is -4.63. The van der Waals surface area contributed by atoms with Crippen LogP contribution in [0.3, 0.4) is 0 Å². The number of guanidine groups is 1. The van der Waals surface area contributed by atoms with Gasteiger partial charge in [0.1, 0.15) is 18.1 Å². The molecular weight excluding hydrogens is 486 g/mol. The van der Waals surface area contributed by atoms with Gasteiger partial charge in [0.05, 0.1) is 12.5 Å². The molecular formula is C22H43N9O6. The van der Waals surface area contributed by atoms with Gasteiger partial charge in [-0.15, -0.1) is 0 Å². The zero-order valence-corrected chi connectivity index (χ0v) is 21.6. The molecule has 0 saturated carbocycles. The van der Waals surface area contributed by atoms with E-state index in [4.69, 9.17) is 28.7 Å². The molecule has 0 spiro atoms. The minimum Gasteiger partial charge on any atom is -0.480 e. The second-order valence-electron chi connectivity index (χ2n) is 8.84. The lowest BCUT2D eigenvalue weighted by Crippen LogP contribution is -2.58. The molecule has 0 aromatic carbocycles. The summed E-state index contributed by atoms with van der Waals surface area (Å²) < 4.78 is 0. The van der Waals surface area contributed by atoms with Crippen LogP contribution in [0.1, 0.15) is 58.8 Å². The van der Waals surface area contributed by atoms with Gasteiger partial charge in [-0.25, -0.2) is 4.79 Å². The molecule has 212 valence electrons. The van der Waals surface area contributed by atoms with Crippen LogP contribution in [0, 0.1) is 5.92 Å². The molecule has 0 aromatic rings. The van der Waals surface area contributed by atoms with Crippen molar-refractivity contribution < 1.29 is 29.1 Å². The van der Waals surface area contributed by atoms with Crippen LogP contribution >= 0.6 is 0 Å². The van der Waals surface area contributed by atoms with Crippen LogP contribution in [0.4, 0.5) is 0 Å². The van der Waals surface area contributed by atoms with Gasteiger partial charge in [-0.2, -0.15) is 0 Å². The topological polar surface area (TPSA) is 284 Å². The number of hydrogen-bond donors (Lipinski definition) is 9. The highest BCUT2D eigenvalue weighted by Crippen LogP contribution is 2.11. The molecule has 0 saturated heterocycles. The van der Waals surface area contributed by atoms with Crippen molar-refractivity contribution >= 4 is 35.6 Å². The number of primary amides is 1. The highest BCUT2D eigenvalue weighted by Gasteiger charge is 2.32. The van der Waals surface area contributed by atoms with Crippen molar-refractivity contribution in [1.82, 2.24) is 16.0 Å². The minimum absolute atomic E-state index is 0.0866. The van der Waals surface area contributed by atoms with Crippen molar-refractivity contribution in [3.8, 4) is 0 Å². The van der Waals surface area contributed by atoms with Crippen molar-refractivity contribution in [3.63, 3.8) is 0 Å². The maximum absolute atomic E-state index is 13.2. The molecule has 37 heavy (non-hydrogen) atoms. The molecule has 14 N–H and O–H groups in total. The van der Waals surface area contributed by atoms with Crippen LogP contribution in [-0.2, 0) is 24.0 Å². The van der Waals surface area contributed by atoms with Crippen LogP contribution in [0.5, 0.6) is 0 Å². The third-order valence-corrected chi connectivity index (χ3v) is 5.69. The number of hydrogen-bond acceptors (Lipinski definition) is 8. The molecule has 5 atom stereocenters. The van der Waals surface area contributed by atoms with Crippen molar-refractivity contribution in [2.45, 2.75) is 83.0 Å². The Kier molecular flexibility index (Phi) is 16.2. The molecule has 0 fully saturated rings. The van der Waals surface area contributed by atoms with Crippen LogP contribution < -0.4 is 44.6 Å². The molecule has 0 heterocycles. The number of aliphatic imine (C=N–C) groups is 1. The lowest BCUT2D eigenvalue weighted by atomic mass is 9.96. The normalized spacial score (nSPS) is 14.8. The quantitative estimate of drug-likeness (QED) is 0.0463. The van der Waals surface area contributed by atoms with E-state index in [-0.39, 0.29) is 31.3 Å². The van der Waals surface area contributed by atoms with Crippen LogP contribution in [-0.4, -0.2) is 77.9 Å². The number of rotatable bonds is 19. The second kappa shape index (κ2) is 17.9. The molecule has 0 aliphatic rings. The lowest BCUT2D eigenvalue weighted by Gasteiger charge is -2.28. The average Bonchev–Trinajstić information content (AvgIpc) is 2.82. The van der Waals surface area contributed by atoms with Gasteiger partial charge in [0.2, 0.25) is 23.6 Å². The van der Waals surface area contributed by atoms with E-state index < -0.39 is 60.2 Å². The number of nitrogens with one attached hydrogen (secondary N) is 3. The molecule has 15 nitrogen and oxygen atoms in total. The Balaban J connectivity index is 5.63. The molecule has 0 bridgehead atoms. The summed E-state index contributed by atoms with van der Waals surface area (Å²) in [7, 11) is 0. The van der Waals surface area contributed by atoms with E-state index in [1.54, 1.807) is 6.92 Å². The summed E-state index contributed by atoms with van der Waals surface area (Å²) in [6, 6.07) is -4.64. The lowest BCUT2D eigenvalue weighted by molar-refractivity contribution is -0.143. The molecule has 15 heteroatoms. The molecule has 0 aliphatic heterocycles. The molecule has 0 radical (unpaired) electrons. The van der Waals surface area contributed by atoms with E-state index in [0.29, 0.717) is 32.2 Å². The Morgan fingerprint density at radius 3 is 1.97 bits per heavy atom. The largest absolute Gasteiger partial charge is 0.480 e.